The van der Waals surface area contributed by atoms with Crippen molar-refractivity contribution in [2.45, 2.75) is 33.1 Å². The van der Waals surface area contributed by atoms with Gasteiger partial charge in [-0.2, -0.15) is 4.39 Å². The van der Waals surface area contributed by atoms with Crippen LogP contribution in [0.1, 0.15) is 32.3 Å². The highest BCUT2D eigenvalue weighted by atomic mass is 19.2. The van der Waals surface area contributed by atoms with Gasteiger partial charge in [-0.1, -0.05) is 44.5 Å². The predicted molar refractivity (Wildman–Crippen MR) is 85.8 cm³/mol. The highest BCUT2D eigenvalue weighted by Crippen LogP contribution is 2.30. The van der Waals surface area contributed by atoms with Crippen molar-refractivity contribution in [3.8, 4) is 16.9 Å². The highest BCUT2D eigenvalue weighted by Gasteiger charge is 2.15. The van der Waals surface area contributed by atoms with Gasteiger partial charge >= 0.3 is 0 Å². The topological polar surface area (TPSA) is 9.23 Å². The Morgan fingerprint density at radius 1 is 0.955 bits per heavy atom. The molecule has 0 spiro atoms. The molecule has 116 valence electrons. The molecule has 0 aliphatic heterocycles. The smallest absolute Gasteiger partial charge is 0.201 e. The molecular formula is C19H20F2O. The van der Waals surface area contributed by atoms with Gasteiger partial charge in [0.1, 0.15) is 0 Å². The van der Waals surface area contributed by atoms with Crippen LogP contribution in [0.25, 0.3) is 11.1 Å². The summed E-state index contributed by atoms with van der Waals surface area (Å²) in [5, 5.41) is 0. The van der Waals surface area contributed by atoms with Crippen LogP contribution in [0.4, 0.5) is 8.78 Å². The molecular weight excluding hydrogens is 282 g/mol. The van der Waals surface area contributed by atoms with Crippen LogP contribution in [0.3, 0.4) is 0 Å². The first-order valence-corrected chi connectivity index (χ1v) is 7.56. The van der Waals surface area contributed by atoms with Crippen LogP contribution in [0.2, 0.25) is 0 Å². The normalized spacial score (nSPS) is 11.1. The second-order valence-corrected chi connectivity index (χ2v) is 5.08. The van der Waals surface area contributed by atoms with E-state index in [1.807, 2.05) is 31.2 Å². The molecule has 22 heavy (non-hydrogen) atoms. The van der Waals surface area contributed by atoms with Crippen molar-refractivity contribution in [3.63, 3.8) is 0 Å². The van der Waals surface area contributed by atoms with Crippen molar-refractivity contribution in [1.82, 2.24) is 0 Å². The second kappa shape index (κ2) is 7.74. The van der Waals surface area contributed by atoms with Crippen LogP contribution in [0, 0.1) is 11.6 Å². The number of hydrogen-bond acceptors (Lipinski definition) is 1. The number of allylic oxidation sites excluding steroid dienone is 1. The molecule has 1 nitrogen and oxygen atoms in total. The van der Waals surface area contributed by atoms with E-state index in [4.69, 9.17) is 4.74 Å². The molecule has 0 saturated heterocycles. The molecule has 0 heterocycles. The minimum Gasteiger partial charge on any atom is -0.462 e. The largest absolute Gasteiger partial charge is 0.462 e. The van der Waals surface area contributed by atoms with Gasteiger partial charge < -0.3 is 4.74 Å². The molecule has 0 atom stereocenters. The maximum Gasteiger partial charge on any atom is 0.201 e. The fraction of sp³-hybridized carbons (Fsp3) is 0.263. The van der Waals surface area contributed by atoms with Crippen LogP contribution >= 0.6 is 0 Å². The Hall–Kier alpha value is -2.16. The minimum absolute atomic E-state index is 0.103. The van der Waals surface area contributed by atoms with Gasteiger partial charge in [-0.05, 0) is 42.2 Å². The van der Waals surface area contributed by atoms with E-state index in [0.717, 1.165) is 19.3 Å². The third-order valence-electron chi connectivity index (χ3n) is 3.38. The van der Waals surface area contributed by atoms with Crippen LogP contribution in [-0.4, -0.2) is 0 Å². The van der Waals surface area contributed by atoms with Gasteiger partial charge in [-0.15, -0.1) is 0 Å². The Kier molecular flexibility index (Phi) is 5.70. The Labute approximate surface area is 130 Å². The number of halogens is 2. The van der Waals surface area contributed by atoms with E-state index in [0.29, 0.717) is 5.56 Å². The first kappa shape index (κ1) is 16.2. The van der Waals surface area contributed by atoms with Gasteiger partial charge in [0.25, 0.3) is 0 Å². The zero-order chi connectivity index (χ0) is 15.9. The van der Waals surface area contributed by atoms with Crippen molar-refractivity contribution < 1.29 is 13.5 Å². The number of rotatable bonds is 6. The number of aryl methyl sites for hydroxylation is 1. The van der Waals surface area contributed by atoms with Gasteiger partial charge in [-0.3, -0.25) is 0 Å². The van der Waals surface area contributed by atoms with E-state index >= 15 is 0 Å². The molecule has 2 aromatic carbocycles. The maximum atomic E-state index is 14.2. The molecule has 2 rings (SSSR count). The third-order valence-corrected chi connectivity index (χ3v) is 3.38. The highest BCUT2D eigenvalue weighted by molar-refractivity contribution is 5.65. The van der Waals surface area contributed by atoms with Gasteiger partial charge in [-0.25, -0.2) is 4.39 Å². The average Bonchev–Trinajstić information content (AvgIpc) is 2.53. The summed E-state index contributed by atoms with van der Waals surface area (Å²) in [6.07, 6.45) is 5.91. The molecule has 0 amide bonds. The summed E-state index contributed by atoms with van der Waals surface area (Å²) < 4.78 is 33.4. The molecule has 0 aromatic heterocycles. The lowest BCUT2D eigenvalue weighted by atomic mass is 10.0. The van der Waals surface area contributed by atoms with E-state index in [-0.39, 0.29) is 11.3 Å². The van der Waals surface area contributed by atoms with Crippen LogP contribution in [-0.2, 0) is 6.42 Å². The monoisotopic (exact) mass is 302 g/mol. The van der Waals surface area contributed by atoms with E-state index in [2.05, 4.69) is 6.92 Å². The molecule has 0 aliphatic carbocycles. The van der Waals surface area contributed by atoms with E-state index < -0.39 is 11.6 Å². The van der Waals surface area contributed by atoms with E-state index in [1.54, 1.807) is 12.1 Å². The van der Waals surface area contributed by atoms with Crippen molar-refractivity contribution in [2.75, 3.05) is 0 Å². The quantitative estimate of drug-likeness (QED) is 0.605. The Balaban J connectivity index is 2.28. The molecule has 0 N–H and O–H groups in total. The molecule has 0 bridgehead atoms. The zero-order valence-electron chi connectivity index (χ0n) is 12.9. The van der Waals surface area contributed by atoms with Gasteiger partial charge in [0, 0.05) is 5.56 Å². The zero-order valence-corrected chi connectivity index (χ0v) is 12.9. The SMILES string of the molecule is CCC=COc1ccc(-c2ccc(CCC)cc2)c(F)c1F. The summed E-state index contributed by atoms with van der Waals surface area (Å²) in [5.41, 5.74) is 2.09. The van der Waals surface area contributed by atoms with Crippen molar-refractivity contribution in [1.29, 1.82) is 0 Å². The molecule has 0 fully saturated rings. The summed E-state index contributed by atoms with van der Waals surface area (Å²) in [6, 6.07) is 10.5. The number of ether oxygens (including phenoxy) is 1. The molecule has 0 radical (unpaired) electrons. The summed E-state index contributed by atoms with van der Waals surface area (Å²) in [5.74, 6) is -1.95. The lowest BCUT2D eigenvalue weighted by molar-refractivity contribution is 0.415. The molecule has 0 unspecified atom stereocenters. The first-order valence-electron chi connectivity index (χ1n) is 7.56. The second-order valence-electron chi connectivity index (χ2n) is 5.08. The third kappa shape index (κ3) is 3.73. The van der Waals surface area contributed by atoms with Crippen LogP contribution in [0.5, 0.6) is 5.75 Å². The summed E-state index contributed by atoms with van der Waals surface area (Å²) in [4.78, 5) is 0. The van der Waals surface area contributed by atoms with Gasteiger partial charge in [0.05, 0.1) is 6.26 Å². The first-order chi connectivity index (χ1) is 10.7. The lowest BCUT2D eigenvalue weighted by Gasteiger charge is -2.09. The molecule has 2 aromatic rings. The van der Waals surface area contributed by atoms with Crippen molar-refractivity contribution >= 4 is 0 Å². The number of benzene rings is 2. The Morgan fingerprint density at radius 2 is 1.68 bits per heavy atom. The summed E-state index contributed by atoms with van der Waals surface area (Å²) >= 11 is 0. The Bertz CT molecular complexity index is 645. The van der Waals surface area contributed by atoms with Gasteiger partial charge in [0.15, 0.2) is 11.6 Å². The minimum atomic E-state index is -0.962. The Morgan fingerprint density at radius 3 is 2.32 bits per heavy atom. The fourth-order valence-electron chi connectivity index (χ4n) is 2.20. The molecule has 0 aliphatic rings. The van der Waals surface area contributed by atoms with Crippen LogP contribution < -0.4 is 4.74 Å². The molecule has 0 saturated carbocycles. The summed E-state index contributed by atoms with van der Waals surface area (Å²) in [7, 11) is 0. The number of hydrogen-bond donors (Lipinski definition) is 0. The van der Waals surface area contributed by atoms with Crippen molar-refractivity contribution in [3.05, 3.63) is 65.9 Å². The average molecular weight is 302 g/mol. The lowest BCUT2D eigenvalue weighted by Crippen LogP contribution is -1.95. The van der Waals surface area contributed by atoms with Gasteiger partial charge in [0.2, 0.25) is 5.82 Å². The van der Waals surface area contributed by atoms with Crippen molar-refractivity contribution in [2.24, 2.45) is 0 Å². The fourth-order valence-corrected chi connectivity index (χ4v) is 2.20. The standard InChI is InChI=1S/C19H20F2O/c1-3-5-13-22-17-12-11-16(18(20)19(17)21)15-9-7-14(6-4-2)8-10-15/h5,7-13H,3-4,6H2,1-2H3. The summed E-state index contributed by atoms with van der Waals surface area (Å²) in [6.45, 7) is 4.04. The van der Waals surface area contributed by atoms with Crippen LogP contribution in [0.15, 0.2) is 48.7 Å². The predicted octanol–water partition coefficient (Wildman–Crippen LogP) is 5.89. The molecule has 3 heteroatoms. The van der Waals surface area contributed by atoms with E-state index in [9.17, 15) is 8.78 Å². The maximum absolute atomic E-state index is 14.2. The van der Waals surface area contributed by atoms with E-state index in [1.165, 1.54) is 17.9 Å².